The minimum atomic E-state index is -0.900. The number of nitrogens with zero attached hydrogens (tertiary/aromatic N) is 2. The molecule has 2 rings (SSSR count). The summed E-state index contributed by atoms with van der Waals surface area (Å²) >= 11 is 0. The Morgan fingerprint density at radius 3 is 3.14 bits per heavy atom. The summed E-state index contributed by atoms with van der Waals surface area (Å²) in [6, 6.07) is 0. The number of fused-ring (bicyclic) bond motifs is 1. The molecule has 0 spiro atoms. The molecule has 5 nitrogen and oxygen atoms in total. The van der Waals surface area contributed by atoms with Gasteiger partial charge in [-0.15, -0.1) is 0 Å². The van der Waals surface area contributed by atoms with E-state index in [9.17, 15) is 4.79 Å². The summed E-state index contributed by atoms with van der Waals surface area (Å²) in [6.07, 6.45) is 0.650. The lowest BCUT2D eigenvalue weighted by atomic mass is 10.1. The average molecular weight is 196 g/mol. The van der Waals surface area contributed by atoms with Crippen LogP contribution in [0.4, 0.5) is 0 Å². The van der Waals surface area contributed by atoms with Gasteiger partial charge in [-0.2, -0.15) is 5.10 Å². The lowest BCUT2D eigenvalue weighted by Crippen LogP contribution is -2.13. The van der Waals surface area contributed by atoms with Crippen LogP contribution in [0.25, 0.3) is 0 Å². The minimum absolute atomic E-state index is 0.325. The molecule has 0 unspecified atom stereocenters. The second-order valence-electron chi connectivity index (χ2n) is 3.20. The molecular weight excluding hydrogens is 184 g/mol. The van der Waals surface area contributed by atoms with E-state index in [1.165, 1.54) is 4.68 Å². The maximum atomic E-state index is 11.0. The molecule has 0 radical (unpaired) electrons. The Balaban J connectivity index is 2.53. The molecule has 0 amide bonds. The summed E-state index contributed by atoms with van der Waals surface area (Å²) in [5, 5.41) is 13.2. The van der Waals surface area contributed by atoms with E-state index in [0.29, 0.717) is 31.9 Å². The van der Waals surface area contributed by atoms with Crippen molar-refractivity contribution in [1.82, 2.24) is 9.78 Å². The first kappa shape index (κ1) is 9.21. The first-order valence-electron chi connectivity index (χ1n) is 4.63. The van der Waals surface area contributed by atoms with Gasteiger partial charge in [0.2, 0.25) is 0 Å². The van der Waals surface area contributed by atoms with E-state index in [-0.39, 0.29) is 0 Å². The van der Waals surface area contributed by atoms with Gasteiger partial charge in [-0.05, 0) is 6.92 Å². The Morgan fingerprint density at radius 2 is 2.50 bits per heavy atom. The third kappa shape index (κ3) is 1.29. The molecule has 1 N–H and O–H groups in total. The number of aromatic carboxylic acids is 1. The maximum absolute atomic E-state index is 11.0. The van der Waals surface area contributed by atoms with Crippen LogP contribution in [0.5, 0.6) is 0 Å². The molecule has 14 heavy (non-hydrogen) atoms. The molecule has 1 aromatic rings. The van der Waals surface area contributed by atoms with E-state index in [1.807, 2.05) is 6.92 Å². The fourth-order valence-corrected chi connectivity index (χ4v) is 1.74. The molecule has 0 aromatic carbocycles. The van der Waals surface area contributed by atoms with Crippen LogP contribution in [0.15, 0.2) is 0 Å². The van der Waals surface area contributed by atoms with Crippen molar-refractivity contribution in [3.05, 3.63) is 17.0 Å². The first-order chi connectivity index (χ1) is 6.74. The van der Waals surface area contributed by atoms with Gasteiger partial charge in [-0.1, -0.05) is 0 Å². The van der Waals surface area contributed by atoms with Crippen LogP contribution < -0.4 is 0 Å². The molecule has 1 aromatic heterocycles. The molecule has 1 aliphatic rings. The molecule has 2 heterocycles. The number of aromatic nitrogens is 2. The van der Waals surface area contributed by atoms with E-state index in [4.69, 9.17) is 9.84 Å². The molecule has 0 atom stereocenters. The predicted octanol–water partition coefficient (Wildman–Crippen LogP) is 0.674. The van der Waals surface area contributed by atoms with Crippen LogP contribution in [0.1, 0.15) is 28.7 Å². The fraction of sp³-hybridized carbons (Fsp3) is 0.556. The molecular formula is C9H12N2O3. The molecule has 5 heteroatoms. The Morgan fingerprint density at radius 1 is 1.71 bits per heavy atom. The highest BCUT2D eigenvalue weighted by molar-refractivity contribution is 5.87. The zero-order chi connectivity index (χ0) is 10.1. The summed E-state index contributed by atoms with van der Waals surface area (Å²) in [6.45, 7) is 3.48. The lowest BCUT2D eigenvalue weighted by Gasteiger charge is -2.10. The normalized spacial score (nSPS) is 15.2. The molecule has 76 valence electrons. The van der Waals surface area contributed by atoms with Gasteiger partial charge in [0.1, 0.15) is 5.69 Å². The third-order valence-electron chi connectivity index (χ3n) is 2.37. The highest BCUT2D eigenvalue weighted by atomic mass is 16.5. The second-order valence-corrected chi connectivity index (χ2v) is 3.20. The van der Waals surface area contributed by atoms with Crippen molar-refractivity contribution in [3.63, 3.8) is 0 Å². The van der Waals surface area contributed by atoms with Gasteiger partial charge in [0, 0.05) is 18.5 Å². The van der Waals surface area contributed by atoms with Crippen LogP contribution in [0.3, 0.4) is 0 Å². The van der Waals surface area contributed by atoms with Crippen molar-refractivity contribution in [2.75, 3.05) is 6.61 Å². The Hall–Kier alpha value is -1.36. The van der Waals surface area contributed by atoms with Gasteiger partial charge in [0.25, 0.3) is 0 Å². The number of carboxylic acids is 1. The van der Waals surface area contributed by atoms with Gasteiger partial charge >= 0.3 is 5.97 Å². The smallest absolute Gasteiger partial charge is 0.354 e. The number of hydrogen-bond donors (Lipinski definition) is 1. The fourth-order valence-electron chi connectivity index (χ4n) is 1.74. The molecule has 0 aliphatic carbocycles. The van der Waals surface area contributed by atoms with Crippen molar-refractivity contribution in [1.29, 1.82) is 0 Å². The van der Waals surface area contributed by atoms with Crippen molar-refractivity contribution in [2.24, 2.45) is 0 Å². The standard InChI is InChI=1S/C9H12N2O3/c1-2-11-8(9(12)13)6-3-4-14-5-7(6)10-11/h2-5H2,1H3,(H,12,13). The predicted molar refractivity (Wildman–Crippen MR) is 48.2 cm³/mol. The minimum Gasteiger partial charge on any atom is -0.477 e. The Bertz CT molecular complexity index is 370. The number of carbonyl (C=O) groups is 1. The van der Waals surface area contributed by atoms with E-state index in [0.717, 1.165) is 11.3 Å². The SMILES string of the molecule is CCn1nc2c(c1C(=O)O)CCOC2. The molecule has 0 saturated carbocycles. The van der Waals surface area contributed by atoms with Gasteiger partial charge in [-0.25, -0.2) is 4.79 Å². The molecule has 0 bridgehead atoms. The first-order valence-corrected chi connectivity index (χ1v) is 4.63. The maximum Gasteiger partial charge on any atom is 0.354 e. The van der Waals surface area contributed by atoms with Crippen molar-refractivity contribution < 1.29 is 14.6 Å². The van der Waals surface area contributed by atoms with Gasteiger partial charge < -0.3 is 9.84 Å². The third-order valence-corrected chi connectivity index (χ3v) is 2.37. The van der Waals surface area contributed by atoms with Crippen molar-refractivity contribution in [3.8, 4) is 0 Å². The van der Waals surface area contributed by atoms with Crippen LogP contribution in [-0.2, 0) is 24.3 Å². The lowest BCUT2D eigenvalue weighted by molar-refractivity contribution is 0.0680. The summed E-state index contributed by atoms with van der Waals surface area (Å²) in [5.41, 5.74) is 1.94. The zero-order valence-corrected chi connectivity index (χ0v) is 7.99. The van der Waals surface area contributed by atoms with E-state index >= 15 is 0 Å². The zero-order valence-electron chi connectivity index (χ0n) is 7.99. The number of carboxylic acid groups (broad SMARTS) is 1. The number of rotatable bonds is 2. The van der Waals surface area contributed by atoms with Crippen LogP contribution in [0, 0.1) is 0 Å². The number of aryl methyl sites for hydroxylation is 1. The molecule has 1 aliphatic heterocycles. The number of hydrogen-bond acceptors (Lipinski definition) is 3. The summed E-state index contributed by atoms with van der Waals surface area (Å²) in [4.78, 5) is 11.0. The van der Waals surface area contributed by atoms with Crippen LogP contribution in [-0.4, -0.2) is 27.5 Å². The van der Waals surface area contributed by atoms with E-state index in [1.54, 1.807) is 0 Å². The summed E-state index contributed by atoms with van der Waals surface area (Å²) < 4.78 is 6.75. The van der Waals surface area contributed by atoms with Crippen molar-refractivity contribution in [2.45, 2.75) is 26.5 Å². The Kier molecular flexibility index (Phi) is 2.25. The Labute approximate surface area is 81.3 Å². The van der Waals surface area contributed by atoms with Crippen LogP contribution in [0.2, 0.25) is 0 Å². The quantitative estimate of drug-likeness (QED) is 0.755. The summed E-state index contributed by atoms with van der Waals surface area (Å²) in [5.74, 6) is -0.900. The van der Waals surface area contributed by atoms with Crippen LogP contribution >= 0.6 is 0 Å². The van der Waals surface area contributed by atoms with Gasteiger partial charge in [-0.3, -0.25) is 4.68 Å². The highest BCUT2D eigenvalue weighted by Gasteiger charge is 2.24. The summed E-state index contributed by atoms with van der Waals surface area (Å²) in [7, 11) is 0. The van der Waals surface area contributed by atoms with E-state index < -0.39 is 5.97 Å². The second kappa shape index (κ2) is 3.42. The highest BCUT2D eigenvalue weighted by Crippen LogP contribution is 2.20. The average Bonchev–Trinajstić information content (AvgIpc) is 2.55. The monoisotopic (exact) mass is 196 g/mol. The van der Waals surface area contributed by atoms with Gasteiger partial charge in [0.05, 0.1) is 18.9 Å². The largest absolute Gasteiger partial charge is 0.477 e. The topological polar surface area (TPSA) is 64.4 Å². The van der Waals surface area contributed by atoms with Gasteiger partial charge in [0.15, 0.2) is 0 Å². The van der Waals surface area contributed by atoms with Crippen molar-refractivity contribution >= 4 is 5.97 Å². The van der Waals surface area contributed by atoms with E-state index in [2.05, 4.69) is 5.10 Å². The molecule has 0 fully saturated rings. The number of ether oxygens (including phenoxy) is 1. The molecule has 0 saturated heterocycles.